The van der Waals surface area contributed by atoms with Crippen LogP contribution in [-0.4, -0.2) is 23.3 Å². The van der Waals surface area contributed by atoms with Gasteiger partial charge in [0.25, 0.3) is 0 Å². The second-order valence-corrected chi connectivity index (χ2v) is 3.73. The molecule has 0 saturated carbocycles. The zero-order valence-electron chi connectivity index (χ0n) is 7.98. The first-order valence-electron chi connectivity index (χ1n) is 4.87. The van der Waals surface area contributed by atoms with Gasteiger partial charge in [-0.1, -0.05) is 18.2 Å². The molecule has 2 aliphatic rings. The fourth-order valence-corrected chi connectivity index (χ4v) is 2.18. The maximum absolute atomic E-state index is 11.8. The lowest BCUT2D eigenvalue weighted by Gasteiger charge is -2.14. The van der Waals surface area contributed by atoms with Gasteiger partial charge in [0.2, 0.25) is 11.8 Å². The lowest BCUT2D eigenvalue weighted by atomic mass is 9.85. The Morgan fingerprint density at radius 2 is 1.79 bits per heavy atom. The van der Waals surface area contributed by atoms with E-state index in [-0.39, 0.29) is 23.7 Å². The molecular formula is C11H13NO2. The number of carbonyl (C=O) groups excluding carboxylic acids is 2. The number of carbonyl (C=O) groups is 2. The number of fused-ring (bicyclic) bond motifs is 1. The first-order valence-corrected chi connectivity index (χ1v) is 4.87. The second kappa shape index (κ2) is 3.40. The molecule has 2 atom stereocenters. The van der Waals surface area contributed by atoms with Crippen LogP contribution in [0, 0.1) is 11.8 Å². The molecule has 74 valence electrons. The third kappa shape index (κ3) is 1.20. The summed E-state index contributed by atoms with van der Waals surface area (Å²) in [5.41, 5.74) is 0. The summed E-state index contributed by atoms with van der Waals surface area (Å²) in [7, 11) is 0. The quantitative estimate of drug-likeness (QED) is 0.484. The number of rotatable bonds is 2. The molecule has 0 unspecified atom stereocenters. The van der Waals surface area contributed by atoms with Gasteiger partial charge in [-0.3, -0.25) is 14.5 Å². The molecular weight excluding hydrogens is 178 g/mol. The van der Waals surface area contributed by atoms with E-state index in [1.165, 1.54) is 4.90 Å². The number of likely N-dealkylation sites (tertiary alicyclic amines) is 1. The van der Waals surface area contributed by atoms with Crippen molar-refractivity contribution < 1.29 is 9.59 Å². The summed E-state index contributed by atoms with van der Waals surface area (Å²) in [6.07, 6.45) is 7.00. The average Bonchev–Trinajstić information content (AvgIpc) is 2.45. The van der Waals surface area contributed by atoms with Crippen LogP contribution in [0.5, 0.6) is 0 Å². The highest BCUT2D eigenvalue weighted by molar-refractivity contribution is 6.05. The molecule has 2 rings (SSSR count). The van der Waals surface area contributed by atoms with Crippen molar-refractivity contribution in [3.8, 4) is 0 Å². The molecule has 1 fully saturated rings. The standard InChI is InChI=1S/C11H13NO2/c1-2-7-12-10(13)8-5-3-4-6-9(8)11(12)14/h2-4,8-9H,1,5-7H2/t8-,9+. The summed E-state index contributed by atoms with van der Waals surface area (Å²) >= 11 is 0. The Kier molecular flexibility index (Phi) is 2.23. The van der Waals surface area contributed by atoms with E-state index in [1.54, 1.807) is 6.08 Å². The molecule has 3 heteroatoms. The Hall–Kier alpha value is -1.38. The van der Waals surface area contributed by atoms with E-state index in [1.807, 2.05) is 12.2 Å². The van der Waals surface area contributed by atoms with Gasteiger partial charge in [0.15, 0.2) is 0 Å². The zero-order chi connectivity index (χ0) is 10.1. The molecule has 1 saturated heterocycles. The molecule has 1 aliphatic carbocycles. The van der Waals surface area contributed by atoms with Crippen LogP contribution in [-0.2, 0) is 9.59 Å². The van der Waals surface area contributed by atoms with E-state index < -0.39 is 0 Å². The van der Waals surface area contributed by atoms with Crippen LogP contribution in [0.15, 0.2) is 24.8 Å². The summed E-state index contributed by atoms with van der Waals surface area (Å²) in [6.45, 7) is 3.90. The van der Waals surface area contributed by atoms with Crippen molar-refractivity contribution >= 4 is 11.8 Å². The third-order valence-corrected chi connectivity index (χ3v) is 2.91. The van der Waals surface area contributed by atoms with Crippen molar-refractivity contribution in [3.05, 3.63) is 24.8 Å². The molecule has 0 N–H and O–H groups in total. The normalized spacial score (nSPS) is 30.7. The third-order valence-electron chi connectivity index (χ3n) is 2.91. The van der Waals surface area contributed by atoms with E-state index in [0.29, 0.717) is 19.4 Å². The van der Waals surface area contributed by atoms with Crippen LogP contribution >= 0.6 is 0 Å². The van der Waals surface area contributed by atoms with Crippen molar-refractivity contribution in [2.75, 3.05) is 6.54 Å². The van der Waals surface area contributed by atoms with Gasteiger partial charge in [-0.15, -0.1) is 6.58 Å². The predicted octanol–water partition coefficient (Wildman–Crippen LogP) is 1.12. The van der Waals surface area contributed by atoms with Crippen LogP contribution in [0.4, 0.5) is 0 Å². The number of nitrogens with zero attached hydrogens (tertiary/aromatic N) is 1. The molecule has 0 spiro atoms. The highest BCUT2D eigenvalue weighted by Crippen LogP contribution is 2.34. The zero-order valence-corrected chi connectivity index (χ0v) is 7.98. The van der Waals surface area contributed by atoms with Gasteiger partial charge in [0.05, 0.1) is 11.8 Å². The van der Waals surface area contributed by atoms with E-state index in [2.05, 4.69) is 6.58 Å². The fourth-order valence-electron chi connectivity index (χ4n) is 2.18. The highest BCUT2D eigenvalue weighted by Gasteiger charge is 2.46. The van der Waals surface area contributed by atoms with Crippen molar-refractivity contribution in [1.29, 1.82) is 0 Å². The van der Waals surface area contributed by atoms with E-state index in [9.17, 15) is 9.59 Å². The first-order chi connectivity index (χ1) is 6.75. The second-order valence-electron chi connectivity index (χ2n) is 3.73. The van der Waals surface area contributed by atoms with Gasteiger partial charge in [0, 0.05) is 6.54 Å². The molecule has 0 aromatic heterocycles. The molecule has 1 heterocycles. The van der Waals surface area contributed by atoms with Crippen molar-refractivity contribution in [2.24, 2.45) is 11.8 Å². The maximum Gasteiger partial charge on any atom is 0.233 e. The minimum absolute atomic E-state index is 0.0238. The van der Waals surface area contributed by atoms with Crippen LogP contribution in [0.3, 0.4) is 0 Å². The first kappa shape index (κ1) is 9.19. The Morgan fingerprint density at radius 3 is 2.21 bits per heavy atom. The Morgan fingerprint density at radius 1 is 1.29 bits per heavy atom. The number of amides is 2. The number of hydrogen-bond donors (Lipinski definition) is 0. The number of hydrogen-bond acceptors (Lipinski definition) is 2. The molecule has 2 amide bonds. The number of imide groups is 1. The smallest absolute Gasteiger partial charge is 0.233 e. The van der Waals surface area contributed by atoms with Crippen molar-refractivity contribution in [1.82, 2.24) is 4.90 Å². The highest BCUT2D eigenvalue weighted by atomic mass is 16.2. The van der Waals surface area contributed by atoms with Crippen molar-refractivity contribution in [2.45, 2.75) is 12.8 Å². The molecule has 1 aliphatic heterocycles. The Balaban J connectivity index is 2.23. The van der Waals surface area contributed by atoms with Gasteiger partial charge in [-0.2, -0.15) is 0 Å². The van der Waals surface area contributed by atoms with Gasteiger partial charge in [-0.05, 0) is 12.8 Å². The lowest BCUT2D eigenvalue weighted by molar-refractivity contribution is -0.139. The largest absolute Gasteiger partial charge is 0.278 e. The van der Waals surface area contributed by atoms with Crippen LogP contribution < -0.4 is 0 Å². The van der Waals surface area contributed by atoms with Gasteiger partial charge >= 0.3 is 0 Å². The van der Waals surface area contributed by atoms with Gasteiger partial charge in [-0.25, -0.2) is 0 Å². The Labute approximate surface area is 83.1 Å². The predicted molar refractivity (Wildman–Crippen MR) is 52.3 cm³/mol. The summed E-state index contributed by atoms with van der Waals surface area (Å²) < 4.78 is 0. The summed E-state index contributed by atoms with van der Waals surface area (Å²) in [6, 6.07) is 0. The van der Waals surface area contributed by atoms with E-state index >= 15 is 0 Å². The molecule has 0 bridgehead atoms. The van der Waals surface area contributed by atoms with Gasteiger partial charge in [0.1, 0.15) is 0 Å². The van der Waals surface area contributed by atoms with Crippen LogP contribution in [0.25, 0.3) is 0 Å². The monoisotopic (exact) mass is 191 g/mol. The fraction of sp³-hybridized carbons (Fsp3) is 0.455. The minimum Gasteiger partial charge on any atom is -0.278 e. The molecule has 14 heavy (non-hydrogen) atoms. The summed E-state index contributed by atoms with van der Waals surface area (Å²) in [5.74, 6) is -0.256. The minimum atomic E-state index is -0.104. The summed E-state index contributed by atoms with van der Waals surface area (Å²) in [4.78, 5) is 24.9. The lowest BCUT2D eigenvalue weighted by Crippen LogP contribution is -2.31. The SMILES string of the molecule is C=CCN1C(=O)[C@H]2CC=CC[C@H]2C1=O. The van der Waals surface area contributed by atoms with E-state index in [4.69, 9.17) is 0 Å². The van der Waals surface area contributed by atoms with Crippen LogP contribution in [0.1, 0.15) is 12.8 Å². The molecule has 0 aromatic carbocycles. The van der Waals surface area contributed by atoms with E-state index in [0.717, 1.165) is 0 Å². The average molecular weight is 191 g/mol. The summed E-state index contributed by atoms with van der Waals surface area (Å²) in [5, 5.41) is 0. The topological polar surface area (TPSA) is 37.4 Å². The maximum atomic E-state index is 11.8. The van der Waals surface area contributed by atoms with Gasteiger partial charge < -0.3 is 0 Å². The van der Waals surface area contributed by atoms with Crippen molar-refractivity contribution in [3.63, 3.8) is 0 Å². The number of allylic oxidation sites excluding steroid dienone is 2. The Bertz CT molecular complexity index is 293. The van der Waals surface area contributed by atoms with Crippen LogP contribution in [0.2, 0.25) is 0 Å². The molecule has 3 nitrogen and oxygen atoms in total. The molecule has 0 aromatic rings. The molecule has 0 radical (unpaired) electrons.